The number of aromatic carboxylic acids is 1. The van der Waals surface area contributed by atoms with Gasteiger partial charge in [0.05, 0.1) is 11.3 Å². The number of carboxylic acids is 1. The van der Waals surface area contributed by atoms with Crippen LogP contribution in [0.5, 0.6) is 0 Å². The van der Waals surface area contributed by atoms with Crippen LogP contribution in [0.25, 0.3) is 11.5 Å². The highest BCUT2D eigenvalue weighted by molar-refractivity contribution is 7.98. The van der Waals surface area contributed by atoms with Crippen molar-refractivity contribution in [3.63, 3.8) is 0 Å². The Balaban J connectivity index is 1.74. The molecule has 24 heavy (non-hydrogen) atoms. The third-order valence-corrected chi connectivity index (χ3v) is 4.48. The van der Waals surface area contributed by atoms with Crippen molar-refractivity contribution in [2.75, 3.05) is 0 Å². The monoisotopic (exact) mass is 343 g/mol. The Morgan fingerprint density at radius 3 is 2.46 bits per heavy atom. The van der Waals surface area contributed by atoms with E-state index < -0.39 is 5.97 Å². The molecule has 0 saturated carbocycles. The molecule has 3 rings (SSSR count). The van der Waals surface area contributed by atoms with Crippen molar-refractivity contribution >= 4 is 17.7 Å². The minimum Gasteiger partial charge on any atom is -0.478 e. The molecule has 0 aliphatic rings. The number of benzene rings is 2. The number of rotatable bonds is 5. The molecule has 0 aliphatic heterocycles. The summed E-state index contributed by atoms with van der Waals surface area (Å²) in [5.41, 5.74) is 1.75. The minimum absolute atomic E-state index is 0.217. The summed E-state index contributed by atoms with van der Waals surface area (Å²) in [5, 5.41) is 8.92. The smallest absolute Gasteiger partial charge is 0.335 e. The zero-order valence-electron chi connectivity index (χ0n) is 12.8. The maximum Gasteiger partial charge on any atom is 0.335 e. The first-order valence-electron chi connectivity index (χ1n) is 7.21. The molecule has 6 heteroatoms. The van der Waals surface area contributed by atoms with Gasteiger partial charge in [0.15, 0.2) is 0 Å². The highest BCUT2D eigenvalue weighted by atomic mass is 32.2. The highest BCUT2D eigenvalue weighted by Gasteiger charge is 2.12. The van der Waals surface area contributed by atoms with Crippen LogP contribution in [0.15, 0.2) is 57.8 Å². The van der Waals surface area contributed by atoms with Gasteiger partial charge in [0.2, 0.25) is 5.89 Å². The van der Waals surface area contributed by atoms with Crippen molar-refractivity contribution in [1.29, 1.82) is 0 Å². The normalized spacial score (nSPS) is 10.8. The van der Waals surface area contributed by atoms with Gasteiger partial charge in [0.25, 0.3) is 0 Å². The molecule has 0 unspecified atom stereocenters. The molecule has 0 fully saturated rings. The van der Waals surface area contributed by atoms with E-state index >= 15 is 0 Å². The molecule has 0 aliphatic carbocycles. The third-order valence-electron chi connectivity index (χ3n) is 3.46. The minimum atomic E-state index is -0.971. The summed E-state index contributed by atoms with van der Waals surface area (Å²) < 4.78 is 18.6. The second-order valence-corrected chi connectivity index (χ2v) is 6.20. The zero-order chi connectivity index (χ0) is 17.1. The molecule has 0 bridgehead atoms. The van der Waals surface area contributed by atoms with Gasteiger partial charge in [-0.15, -0.1) is 11.8 Å². The summed E-state index contributed by atoms with van der Waals surface area (Å²) in [5.74, 6) is 0.542. The number of oxazole rings is 1. The van der Waals surface area contributed by atoms with Crippen molar-refractivity contribution < 1.29 is 18.7 Å². The molecule has 0 radical (unpaired) electrons. The molecule has 0 spiro atoms. The first-order valence-corrected chi connectivity index (χ1v) is 8.20. The summed E-state index contributed by atoms with van der Waals surface area (Å²) in [6.07, 6.45) is 0. The number of hydrogen-bond donors (Lipinski definition) is 1. The first kappa shape index (κ1) is 16.3. The first-order chi connectivity index (χ1) is 11.5. The van der Waals surface area contributed by atoms with E-state index in [2.05, 4.69) is 4.98 Å². The van der Waals surface area contributed by atoms with Crippen LogP contribution in [0, 0.1) is 12.7 Å². The predicted octanol–water partition coefficient (Wildman–Crippen LogP) is 4.78. The number of aromatic nitrogens is 1. The van der Waals surface area contributed by atoms with Gasteiger partial charge >= 0.3 is 5.97 Å². The molecule has 0 saturated heterocycles. The van der Waals surface area contributed by atoms with Crippen molar-refractivity contribution in [2.45, 2.75) is 17.6 Å². The Labute approximate surface area is 142 Å². The summed E-state index contributed by atoms with van der Waals surface area (Å²) >= 11 is 1.54. The summed E-state index contributed by atoms with van der Waals surface area (Å²) in [6.45, 7) is 1.84. The van der Waals surface area contributed by atoms with E-state index in [9.17, 15) is 9.18 Å². The second kappa shape index (κ2) is 6.88. The number of thioether (sulfide) groups is 1. The topological polar surface area (TPSA) is 63.3 Å². The van der Waals surface area contributed by atoms with E-state index in [4.69, 9.17) is 9.52 Å². The molecule has 122 valence electrons. The van der Waals surface area contributed by atoms with E-state index in [-0.39, 0.29) is 11.4 Å². The number of nitrogens with zero attached hydrogens (tertiary/aromatic N) is 1. The van der Waals surface area contributed by atoms with Gasteiger partial charge < -0.3 is 9.52 Å². The SMILES string of the molecule is Cc1oc(-c2ccc(C(=O)O)cc2)nc1CSc1ccc(F)cc1. The average Bonchev–Trinajstić information content (AvgIpc) is 2.95. The Bertz CT molecular complexity index is 857. The van der Waals surface area contributed by atoms with Crippen LogP contribution in [0.4, 0.5) is 4.39 Å². The van der Waals surface area contributed by atoms with Crippen molar-refractivity contribution in [3.8, 4) is 11.5 Å². The van der Waals surface area contributed by atoms with Gasteiger partial charge in [0.1, 0.15) is 11.6 Å². The van der Waals surface area contributed by atoms with E-state index in [1.165, 1.54) is 24.3 Å². The van der Waals surface area contributed by atoms with Crippen LogP contribution >= 0.6 is 11.8 Å². The molecule has 3 aromatic rings. The summed E-state index contributed by atoms with van der Waals surface area (Å²) in [7, 11) is 0. The van der Waals surface area contributed by atoms with Crippen molar-refractivity contribution in [3.05, 3.63) is 71.4 Å². The van der Waals surface area contributed by atoms with Gasteiger partial charge in [-0.2, -0.15) is 0 Å². The van der Waals surface area contributed by atoms with Crippen LogP contribution in [-0.4, -0.2) is 16.1 Å². The van der Waals surface area contributed by atoms with Crippen LogP contribution in [-0.2, 0) is 5.75 Å². The molecular formula is C18H14FNO3S. The summed E-state index contributed by atoms with van der Waals surface area (Å²) in [6, 6.07) is 12.7. The quantitative estimate of drug-likeness (QED) is 0.676. The number of aryl methyl sites for hydroxylation is 1. The number of carbonyl (C=O) groups is 1. The molecule has 0 atom stereocenters. The lowest BCUT2D eigenvalue weighted by atomic mass is 10.1. The molecule has 1 heterocycles. The Kier molecular flexibility index (Phi) is 4.66. The Hall–Kier alpha value is -2.60. The molecule has 1 N–H and O–H groups in total. The van der Waals surface area contributed by atoms with Crippen molar-refractivity contribution in [1.82, 2.24) is 4.98 Å². The molecule has 0 amide bonds. The Morgan fingerprint density at radius 2 is 1.83 bits per heavy atom. The fraction of sp³-hybridized carbons (Fsp3) is 0.111. The standard InChI is InChI=1S/C18H14FNO3S/c1-11-16(10-24-15-8-6-14(19)7-9-15)20-17(23-11)12-2-4-13(5-3-12)18(21)22/h2-9H,10H2,1H3,(H,21,22). The van der Waals surface area contributed by atoms with Gasteiger partial charge in [-0.05, 0) is 55.5 Å². The van der Waals surface area contributed by atoms with Gasteiger partial charge in [-0.3, -0.25) is 0 Å². The number of halogens is 1. The molecule has 2 aromatic carbocycles. The largest absolute Gasteiger partial charge is 0.478 e. The van der Waals surface area contributed by atoms with Crippen LogP contribution in [0.3, 0.4) is 0 Å². The van der Waals surface area contributed by atoms with Crippen LogP contribution < -0.4 is 0 Å². The van der Waals surface area contributed by atoms with Gasteiger partial charge in [-0.25, -0.2) is 14.2 Å². The summed E-state index contributed by atoms with van der Waals surface area (Å²) in [4.78, 5) is 16.3. The zero-order valence-corrected chi connectivity index (χ0v) is 13.6. The molecule has 4 nitrogen and oxygen atoms in total. The second-order valence-electron chi connectivity index (χ2n) is 5.15. The van der Waals surface area contributed by atoms with E-state index in [1.54, 1.807) is 36.0 Å². The van der Waals surface area contributed by atoms with Gasteiger partial charge in [0, 0.05) is 16.2 Å². The van der Waals surface area contributed by atoms with Crippen LogP contribution in [0.2, 0.25) is 0 Å². The van der Waals surface area contributed by atoms with Crippen LogP contribution in [0.1, 0.15) is 21.8 Å². The Morgan fingerprint density at radius 1 is 1.17 bits per heavy atom. The third kappa shape index (κ3) is 3.65. The van der Waals surface area contributed by atoms with E-state index in [0.29, 0.717) is 17.4 Å². The fourth-order valence-electron chi connectivity index (χ4n) is 2.12. The maximum atomic E-state index is 12.9. The number of carboxylic acid groups (broad SMARTS) is 1. The lowest BCUT2D eigenvalue weighted by Gasteiger charge is -1.99. The lowest BCUT2D eigenvalue weighted by molar-refractivity contribution is 0.0697. The van der Waals surface area contributed by atoms with Crippen molar-refractivity contribution in [2.24, 2.45) is 0 Å². The average molecular weight is 343 g/mol. The molecule has 1 aromatic heterocycles. The van der Waals surface area contributed by atoms with E-state index in [1.807, 2.05) is 6.92 Å². The fourth-order valence-corrected chi connectivity index (χ4v) is 3.02. The molecular weight excluding hydrogens is 329 g/mol. The van der Waals surface area contributed by atoms with Gasteiger partial charge in [-0.1, -0.05) is 0 Å². The lowest BCUT2D eigenvalue weighted by Crippen LogP contribution is -1.95. The number of hydrogen-bond acceptors (Lipinski definition) is 4. The predicted molar refractivity (Wildman–Crippen MR) is 89.6 cm³/mol. The maximum absolute atomic E-state index is 12.9. The highest BCUT2D eigenvalue weighted by Crippen LogP contribution is 2.27. The van der Waals surface area contributed by atoms with E-state index in [0.717, 1.165) is 16.2 Å².